The molecule has 0 radical (unpaired) electrons. The maximum atomic E-state index is 12.4. The molecule has 2 aliphatic rings. The molecule has 2 N–H and O–H groups in total. The quantitative estimate of drug-likeness (QED) is 0.837. The lowest BCUT2D eigenvalue weighted by atomic mass is 9.95. The number of amides is 1. The lowest BCUT2D eigenvalue weighted by Crippen LogP contribution is -2.32. The highest BCUT2D eigenvalue weighted by Gasteiger charge is 2.22. The number of carbonyl (C=O) groups is 1. The van der Waals surface area contributed by atoms with Crippen molar-refractivity contribution in [1.29, 1.82) is 0 Å². The van der Waals surface area contributed by atoms with Crippen LogP contribution >= 0.6 is 12.4 Å². The van der Waals surface area contributed by atoms with Crippen molar-refractivity contribution >= 4 is 18.3 Å². The van der Waals surface area contributed by atoms with Crippen molar-refractivity contribution < 1.29 is 9.21 Å². The molecule has 1 aromatic rings. The maximum Gasteiger partial charge on any atom is 0.349 e. The van der Waals surface area contributed by atoms with Crippen molar-refractivity contribution in [3.63, 3.8) is 0 Å². The van der Waals surface area contributed by atoms with Gasteiger partial charge in [0.25, 0.3) is 5.91 Å². The summed E-state index contributed by atoms with van der Waals surface area (Å²) in [5.74, 6) is 1.35. The Bertz CT molecular complexity index is 632. The summed E-state index contributed by atoms with van der Waals surface area (Å²) in [5.41, 5.74) is 0.369. The molecule has 0 spiro atoms. The highest BCUT2D eigenvalue weighted by Crippen LogP contribution is 2.27. The minimum Gasteiger partial charge on any atom is -0.427 e. The molecule has 6 heteroatoms. The van der Waals surface area contributed by atoms with Crippen LogP contribution in [-0.2, 0) is 0 Å². The molecule has 25 heavy (non-hydrogen) atoms. The Morgan fingerprint density at radius 3 is 2.68 bits per heavy atom. The third-order valence-corrected chi connectivity index (χ3v) is 5.41. The van der Waals surface area contributed by atoms with Crippen molar-refractivity contribution in [1.82, 2.24) is 10.6 Å². The zero-order chi connectivity index (χ0) is 16.9. The number of hydrogen-bond donors (Lipinski definition) is 2. The van der Waals surface area contributed by atoms with Gasteiger partial charge < -0.3 is 15.1 Å². The lowest BCUT2D eigenvalue weighted by molar-refractivity contribution is 0.0946. The number of piperidine rings is 1. The molecule has 1 aliphatic heterocycles. The van der Waals surface area contributed by atoms with Crippen molar-refractivity contribution in [2.45, 2.75) is 57.8 Å². The summed E-state index contributed by atoms with van der Waals surface area (Å²) in [4.78, 5) is 24.7. The molecule has 3 rings (SSSR count). The van der Waals surface area contributed by atoms with E-state index >= 15 is 0 Å². The van der Waals surface area contributed by atoms with Gasteiger partial charge in [0.05, 0.1) is 0 Å². The second-order valence-electron chi connectivity index (χ2n) is 7.23. The molecular formula is C19H29ClN2O3. The molecule has 0 bridgehead atoms. The van der Waals surface area contributed by atoms with Gasteiger partial charge in [-0.1, -0.05) is 25.7 Å². The van der Waals surface area contributed by atoms with Gasteiger partial charge in [-0.25, -0.2) is 4.79 Å². The van der Waals surface area contributed by atoms with Gasteiger partial charge in [0, 0.05) is 19.0 Å². The van der Waals surface area contributed by atoms with Crippen molar-refractivity contribution in [3.05, 3.63) is 33.4 Å². The number of carbonyl (C=O) groups excluding carboxylic acids is 1. The van der Waals surface area contributed by atoms with E-state index in [2.05, 4.69) is 10.6 Å². The number of aryl methyl sites for hydroxylation is 1. The molecule has 1 saturated heterocycles. The Kier molecular flexibility index (Phi) is 7.51. The predicted octanol–water partition coefficient (Wildman–Crippen LogP) is 3.15. The third kappa shape index (κ3) is 5.08. The summed E-state index contributed by atoms with van der Waals surface area (Å²) in [6.07, 6.45) is 8.24. The van der Waals surface area contributed by atoms with Gasteiger partial charge in [0.2, 0.25) is 0 Å². The molecule has 1 atom stereocenters. The van der Waals surface area contributed by atoms with Crippen LogP contribution in [0.1, 0.15) is 72.5 Å². The fourth-order valence-electron chi connectivity index (χ4n) is 3.98. The van der Waals surface area contributed by atoms with E-state index in [0.717, 1.165) is 38.3 Å². The lowest BCUT2D eigenvalue weighted by Gasteiger charge is -2.22. The van der Waals surface area contributed by atoms with Crippen LogP contribution in [0.3, 0.4) is 0 Å². The minimum absolute atomic E-state index is 0. The molecule has 1 saturated carbocycles. The van der Waals surface area contributed by atoms with Crippen LogP contribution in [0.15, 0.2) is 15.3 Å². The molecular weight excluding hydrogens is 340 g/mol. The van der Waals surface area contributed by atoms with E-state index in [1.165, 1.54) is 25.7 Å². The summed E-state index contributed by atoms with van der Waals surface area (Å²) >= 11 is 0. The van der Waals surface area contributed by atoms with Gasteiger partial charge in [-0.2, -0.15) is 0 Å². The summed E-state index contributed by atoms with van der Waals surface area (Å²) in [7, 11) is 0. The molecule has 140 valence electrons. The first-order valence-corrected chi connectivity index (χ1v) is 9.28. The zero-order valence-corrected chi connectivity index (χ0v) is 15.8. The maximum absolute atomic E-state index is 12.4. The summed E-state index contributed by atoms with van der Waals surface area (Å²) in [5, 5.41) is 6.22. The highest BCUT2D eigenvalue weighted by atomic mass is 35.5. The molecule has 1 unspecified atom stereocenters. The Labute approximate surface area is 155 Å². The van der Waals surface area contributed by atoms with Gasteiger partial charge in [-0.15, -0.1) is 12.4 Å². The van der Waals surface area contributed by atoms with E-state index < -0.39 is 5.63 Å². The first kappa shape index (κ1) is 20.0. The van der Waals surface area contributed by atoms with Gasteiger partial charge in [-0.3, -0.25) is 4.79 Å². The van der Waals surface area contributed by atoms with Gasteiger partial charge in [0.1, 0.15) is 11.3 Å². The minimum atomic E-state index is -0.506. The molecule has 1 aromatic heterocycles. The standard InChI is InChI=1S/C19H28N2O3.ClH/c1-13-11-16(15-7-4-9-20-12-15)24-19(23)17(13)18(22)21-10-8-14-5-2-3-6-14;/h11,14-15,20H,2-10,12H2,1H3,(H,21,22);1H. The monoisotopic (exact) mass is 368 g/mol. The first-order chi connectivity index (χ1) is 11.6. The number of nitrogens with one attached hydrogen (secondary N) is 2. The van der Waals surface area contributed by atoms with Gasteiger partial charge >= 0.3 is 5.63 Å². The summed E-state index contributed by atoms with van der Waals surface area (Å²) in [6, 6.07) is 1.87. The normalized spacial score (nSPS) is 20.9. The highest BCUT2D eigenvalue weighted by molar-refractivity contribution is 5.95. The van der Waals surface area contributed by atoms with Crippen LogP contribution in [0.5, 0.6) is 0 Å². The Balaban J connectivity index is 0.00000225. The smallest absolute Gasteiger partial charge is 0.349 e. The topological polar surface area (TPSA) is 71.3 Å². The Hall–Kier alpha value is -1.33. The number of hydrogen-bond acceptors (Lipinski definition) is 4. The average Bonchev–Trinajstić information content (AvgIpc) is 3.08. The van der Waals surface area contributed by atoms with E-state index in [9.17, 15) is 9.59 Å². The predicted molar refractivity (Wildman–Crippen MR) is 101 cm³/mol. The van der Waals surface area contributed by atoms with Gasteiger partial charge in [-0.05, 0) is 50.3 Å². The van der Waals surface area contributed by atoms with Crippen LogP contribution in [0, 0.1) is 12.8 Å². The van der Waals surface area contributed by atoms with Crippen molar-refractivity contribution in [3.8, 4) is 0 Å². The molecule has 2 fully saturated rings. The van der Waals surface area contributed by atoms with Crippen LogP contribution in [0.2, 0.25) is 0 Å². The largest absolute Gasteiger partial charge is 0.427 e. The SMILES string of the molecule is Cc1cc(C2CCCNC2)oc(=O)c1C(=O)NCCC1CCCC1.Cl. The first-order valence-electron chi connectivity index (χ1n) is 9.28. The summed E-state index contributed by atoms with van der Waals surface area (Å²) in [6.45, 7) is 4.30. The van der Waals surface area contributed by atoms with Gasteiger partial charge in [0.15, 0.2) is 0 Å². The number of halogens is 1. The van der Waals surface area contributed by atoms with Crippen LogP contribution in [0.25, 0.3) is 0 Å². The van der Waals surface area contributed by atoms with Crippen LogP contribution < -0.4 is 16.3 Å². The Morgan fingerprint density at radius 1 is 1.28 bits per heavy atom. The van der Waals surface area contributed by atoms with E-state index in [4.69, 9.17) is 4.42 Å². The molecule has 2 heterocycles. The van der Waals surface area contributed by atoms with Crippen molar-refractivity contribution in [2.75, 3.05) is 19.6 Å². The molecule has 5 nitrogen and oxygen atoms in total. The fourth-order valence-corrected chi connectivity index (χ4v) is 3.98. The van der Waals surface area contributed by atoms with E-state index in [1.807, 2.05) is 13.0 Å². The third-order valence-electron chi connectivity index (χ3n) is 5.41. The van der Waals surface area contributed by atoms with E-state index in [0.29, 0.717) is 17.9 Å². The fraction of sp³-hybridized carbons (Fsp3) is 0.684. The van der Waals surface area contributed by atoms with Crippen LogP contribution in [-0.4, -0.2) is 25.5 Å². The second kappa shape index (κ2) is 9.39. The second-order valence-corrected chi connectivity index (χ2v) is 7.23. The van der Waals surface area contributed by atoms with Crippen molar-refractivity contribution in [2.24, 2.45) is 5.92 Å². The zero-order valence-electron chi connectivity index (χ0n) is 14.9. The number of rotatable bonds is 5. The molecule has 1 amide bonds. The van der Waals surface area contributed by atoms with Crippen LogP contribution in [0.4, 0.5) is 0 Å². The average molecular weight is 369 g/mol. The molecule has 1 aliphatic carbocycles. The van der Waals surface area contributed by atoms with E-state index in [1.54, 1.807) is 0 Å². The van der Waals surface area contributed by atoms with E-state index in [-0.39, 0.29) is 29.8 Å². The summed E-state index contributed by atoms with van der Waals surface area (Å²) < 4.78 is 5.47. The molecule has 0 aromatic carbocycles. The Morgan fingerprint density at radius 2 is 2.04 bits per heavy atom.